The second-order valence-electron chi connectivity index (χ2n) is 7.13. The summed E-state index contributed by atoms with van der Waals surface area (Å²) < 4.78 is 0. The van der Waals surface area contributed by atoms with Gasteiger partial charge in [-0.05, 0) is 51.0 Å². The zero-order chi connectivity index (χ0) is 18.6. The minimum atomic E-state index is 0.317. The average molecular weight is 360 g/mol. The van der Waals surface area contributed by atoms with E-state index >= 15 is 0 Å². The van der Waals surface area contributed by atoms with Crippen LogP contribution < -0.4 is 10.6 Å². The van der Waals surface area contributed by atoms with Gasteiger partial charge in [-0.1, -0.05) is 0 Å². The predicted molar refractivity (Wildman–Crippen MR) is 107 cm³/mol. The fraction of sp³-hybridized carbons (Fsp3) is 0.333. The van der Waals surface area contributed by atoms with E-state index in [0.717, 1.165) is 53.7 Å². The van der Waals surface area contributed by atoms with Gasteiger partial charge in [0.2, 0.25) is 0 Å². The Morgan fingerprint density at radius 2 is 2.04 bits per heavy atom. The Bertz CT molecular complexity index is 904. The molecule has 2 N–H and O–H groups in total. The Labute approximate surface area is 159 Å². The molecule has 1 aliphatic rings. The lowest BCUT2D eigenvalue weighted by molar-refractivity contribution is 0.376. The third kappa shape index (κ3) is 4.28. The van der Waals surface area contributed by atoms with Crippen molar-refractivity contribution < 1.29 is 0 Å². The molecule has 0 aromatic carbocycles. The van der Waals surface area contributed by atoms with E-state index in [9.17, 15) is 0 Å². The van der Waals surface area contributed by atoms with Crippen molar-refractivity contribution in [3.63, 3.8) is 0 Å². The van der Waals surface area contributed by atoms with Crippen molar-refractivity contribution in [1.82, 2.24) is 25.3 Å². The van der Waals surface area contributed by atoms with Crippen LogP contribution in [-0.4, -0.2) is 32.5 Å². The standard InChI is InChI=1S/C21H24N6/c1-14-5-6-17(13-24-14)21-26-19(16-4-3-8-22-12-16)11-20(27-21)25-18-7-9-23-15(2)10-18/h3-4,7-12,14,17,24H,5-6,13H2,1-2H3,(H,23,25,26,27)/t14-,17+/m0/s1. The number of pyridine rings is 2. The first kappa shape index (κ1) is 17.5. The second-order valence-corrected chi connectivity index (χ2v) is 7.13. The van der Waals surface area contributed by atoms with Gasteiger partial charge in [0.1, 0.15) is 11.6 Å². The summed E-state index contributed by atoms with van der Waals surface area (Å²) in [5, 5.41) is 6.96. The number of aryl methyl sites for hydroxylation is 1. The van der Waals surface area contributed by atoms with Crippen molar-refractivity contribution >= 4 is 11.5 Å². The van der Waals surface area contributed by atoms with E-state index in [0.29, 0.717) is 12.0 Å². The lowest BCUT2D eigenvalue weighted by atomic mass is 9.94. The normalized spacial score (nSPS) is 19.6. The summed E-state index contributed by atoms with van der Waals surface area (Å²) >= 11 is 0. The number of rotatable bonds is 4. The number of hydrogen-bond donors (Lipinski definition) is 2. The summed E-state index contributed by atoms with van der Waals surface area (Å²) in [6.07, 6.45) is 7.65. The highest BCUT2D eigenvalue weighted by Gasteiger charge is 2.22. The number of nitrogens with one attached hydrogen (secondary N) is 2. The zero-order valence-corrected chi connectivity index (χ0v) is 15.7. The molecule has 1 fully saturated rings. The Hall–Kier alpha value is -2.86. The van der Waals surface area contributed by atoms with Gasteiger partial charge in [0.05, 0.1) is 5.69 Å². The van der Waals surface area contributed by atoms with Gasteiger partial charge in [-0.25, -0.2) is 9.97 Å². The summed E-state index contributed by atoms with van der Waals surface area (Å²) in [7, 11) is 0. The third-order valence-electron chi connectivity index (χ3n) is 4.90. The Morgan fingerprint density at radius 3 is 2.78 bits per heavy atom. The topological polar surface area (TPSA) is 75.6 Å². The fourth-order valence-corrected chi connectivity index (χ4v) is 3.36. The van der Waals surface area contributed by atoms with Crippen LogP contribution in [0.1, 0.15) is 37.2 Å². The van der Waals surface area contributed by atoms with Crippen LogP contribution in [0.3, 0.4) is 0 Å². The Balaban J connectivity index is 1.70. The first-order valence-electron chi connectivity index (χ1n) is 9.40. The third-order valence-corrected chi connectivity index (χ3v) is 4.90. The fourth-order valence-electron chi connectivity index (χ4n) is 3.36. The van der Waals surface area contributed by atoms with Crippen molar-refractivity contribution in [1.29, 1.82) is 0 Å². The van der Waals surface area contributed by atoms with Crippen molar-refractivity contribution in [3.05, 3.63) is 60.4 Å². The minimum Gasteiger partial charge on any atom is -0.340 e. The van der Waals surface area contributed by atoms with Gasteiger partial charge >= 0.3 is 0 Å². The SMILES string of the molecule is Cc1cc(Nc2cc(-c3cccnc3)nc([C@@H]3CC[C@H](C)NC3)n2)ccn1. The van der Waals surface area contributed by atoms with E-state index < -0.39 is 0 Å². The van der Waals surface area contributed by atoms with Gasteiger partial charge in [-0.3, -0.25) is 9.97 Å². The maximum Gasteiger partial charge on any atom is 0.135 e. The Kier molecular flexibility index (Phi) is 5.07. The number of hydrogen-bond acceptors (Lipinski definition) is 6. The molecule has 3 aromatic rings. The van der Waals surface area contributed by atoms with Crippen molar-refractivity contribution in [2.45, 2.75) is 38.6 Å². The molecule has 4 heterocycles. The predicted octanol–water partition coefficient (Wildman–Crippen LogP) is 3.84. The van der Waals surface area contributed by atoms with E-state index in [4.69, 9.17) is 9.97 Å². The van der Waals surface area contributed by atoms with Crippen LogP contribution in [-0.2, 0) is 0 Å². The van der Waals surface area contributed by atoms with Crippen LogP contribution in [0.15, 0.2) is 48.9 Å². The number of aromatic nitrogens is 4. The Morgan fingerprint density at radius 1 is 1.11 bits per heavy atom. The molecule has 1 aliphatic heterocycles. The van der Waals surface area contributed by atoms with Crippen LogP contribution in [0.4, 0.5) is 11.5 Å². The number of piperidine rings is 1. The van der Waals surface area contributed by atoms with Gasteiger partial charge in [-0.15, -0.1) is 0 Å². The van der Waals surface area contributed by atoms with E-state index in [1.165, 1.54) is 0 Å². The van der Waals surface area contributed by atoms with Crippen molar-refractivity contribution in [3.8, 4) is 11.3 Å². The van der Waals surface area contributed by atoms with Crippen LogP contribution in [0.5, 0.6) is 0 Å². The molecule has 0 unspecified atom stereocenters. The summed E-state index contributed by atoms with van der Waals surface area (Å²) in [6.45, 7) is 5.11. The van der Waals surface area contributed by atoms with E-state index in [2.05, 4.69) is 27.5 Å². The highest BCUT2D eigenvalue weighted by atomic mass is 15.0. The molecule has 3 aromatic heterocycles. The van der Waals surface area contributed by atoms with Crippen molar-refractivity contribution in [2.24, 2.45) is 0 Å². The molecule has 0 bridgehead atoms. The van der Waals surface area contributed by atoms with Gasteiger partial charge in [0, 0.05) is 60.1 Å². The smallest absolute Gasteiger partial charge is 0.135 e. The van der Waals surface area contributed by atoms with E-state index in [1.54, 1.807) is 12.4 Å². The summed E-state index contributed by atoms with van der Waals surface area (Å²) in [4.78, 5) is 18.2. The molecule has 1 saturated heterocycles. The molecule has 4 rings (SSSR count). The van der Waals surface area contributed by atoms with Crippen LogP contribution in [0.25, 0.3) is 11.3 Å². The van der Waals surface area contributed by atoms with Crippen LogP contribution in [0.2, 0.25) is 0 Å². The number of nitrogens with zero attached hydrogens (tertiary/aromatic N) is 4. The molecule has 0 radical (unpaired) electrons. The molecule has 0 saturated carbocycles. The van der Waals surface area contributed by atoms with Gasteiger partial charge in [-0.2, -0.15) is 0 Å². The molecule has 6 heteroatoms. The quantitative estimate of drug-likeness (QED) is 0.736. The summed E-state index contributed by atoms with van der Waals surface area (Å²) in [6, 6.07) is 10.5. The first-order chi connectivity index (χ1) is 13.2. The molecule has 0 spiro atoms. The molecular weight excluding hydrogens is 336 g/mol. The van der Waals surface area contributed by atoms with Gasteiger partial charge in [0.25, 0.3) is 0 Å². The largest absolute Gasteiger partial charge is 0.340 e. The highest BCUT2D eigenvalue weighted by Crippen LogP contribution is 2.28. The van der Waals surface area contributed by atoms with E-state index in [1.807, 2.05) is 43.5 Å². The molecule has 27 heavy (non-hydrogen) atoms. The minimum absolute atomic E-state index is 0.317. The van der Waals surface area contributed by atoms with E-state index in [-0.39, 0.29) is 0 Å². The summed E-state index contributed by atoms with van der Waals surface area (Å²) in [5.74, 6) is 1.99. The molecular formula is C21H24N6. The van der Waals surface area contributed by atoms with Gasteiger partial charge in [0.15, 0.2) is 0 Å². The zero-order valence-electron chi connectivity index (χ0n) is 15.7. The average Bonchev–Trinajstić information content (AvgIpc) is 2.69. The molecule has 0 aliphatic carbocycles. The van der Waals surface area contributed by atoms with Gasteiger partial charge < -0.3 is 10.6 Å². The first-order valence-corrected chi connectivity index (χ1v) is 9.40. The van der Waals surface area contributed by atoms with Crippen LogP contribution in [0, 0.1) is 6.92 Å². The molecule has 0 amide bonds. The monoisotopic (exact) mass is 360 g/mol. The van der Waals surface area contributed by atoms with Crippen LogP contribution >= 0.6 is 0 Å². The second kappa shape index (κ2) is 7.80. The maximum absolute atomic E-state index is 4.87. The maximum atomic E-state index is 4.87. The lowest BCUT2D eigenvalue weighted by Crippen LogP contribution is -2.36. The number of anilines is 2. The lowest BCUT2D eigenvalue weighted by Gasteiger charge is -2.27. The highest BCUT2D eigenvalue weighted by molar-refractivity contribution is 5.65. The van der Waals surface area contributed by atoms with Crippen molar-refractivity contribution in [2.75, 3.05) is 11.9 Å². The summed E-state index contributed by atoms with van der Waals surface area (Å²) in [5.41, 5.74) is 3.82. The molecule has 2 atom stereocenters. The molecule has 138 valence electrons. The molecule has 6 nitrogen and oxygen atoms in total.